The summed E-state index contributed by atoms with van der Waals surface area (Å²) in [5.74, 6) is 0.351. The van der Waals surface area contributed by atoms with Crippen LogP contribution in [0.3, 0.4) is 0 Å². The Morgan fingerprint density at radius 3 is 2.81 bits per heavy atom. The third-order valence-corrected chi connectivity index (χ3v) is 4.10. The van der Waals surface area contributed by atoms with Crippen LogP contribution < -0.4 is 4.90 Å². The molecule has 0 saturated heterocycles. The summed E-state index contributed by atoms with van der Waals surface area (Å²) in [7, 11) is 1.79. The first-order valence-electron chi connectivity index (χ1n) is 6.12. The fraction of sp³-hybridized carbons (Fsp3) is 0.154. The Morgan fingerprint density at radius 1 is 1.43 bits per heavy atom. The van der Waals surface area contributed by atoms with Crippen molar-refractivity contribution in [3.05, 3.63) is 56.5 Å². The highest BCUT2D eigenvalue weighted by Gasteiger charge is 2.26. The number of anilines is 1. The molecule has 0 aliphatic carbocycles. The number of hydrogen-bond donors (Lipinski definition) is 0. The summed E-state index contributed by atoms with van der Waals surface area (Å²) in [4.78, 5) is 17.6. The average molecular weight is 323 g/mol. The van der Waals surface area contributed by atoms with Gasteiger partial charge in [-0.05, 0) is 22.6 Å². The Hall–Kier alpha value is -2.12. The number of benzene rings is 1. The van der Waals surface area contributed by atoms with E-state index < -0.39 is 4.92 Å². The summed E-state index contributed by atoms with van der Waals surface area (Å²) in [6.07, 6.45) is 1.66. The highest BCUT2D eigenvalue weighted by molar-refractivity contribution is 7.15. The second kappa shape index (κ2) is 5.34. The minimum Gasteiger partial charge on any atom is -0.358 e. The molecule has 2 aromatic heterocycles. The first-order chi connectivity index (χ1) is 10.1. The molecule has 21 heavy (non-hydrogen) atoms. The molecule has 0 unspecified atom stereocenters. The van der Waals surface area contributed by atoms with E-state index in [9.17, 15) is 10.1 Å². The molecule has 0 saturated carbocycles. The summed E-state index contributed by atoms with van der Waals surface area (Å²) in [5.41, 5.74) is 1.01. The maximum Gasteiger partial charge on any atom is 0.373 e. The molecule has 0 atom stereocenters. The molecule has 0 fully saturated rings. The predicted octanol–water partition coefficient (Wildman–Crippen LogP) is 3.59. The summed E-state index contributed by atoms with van der Waals surface area (Å²) in [6, 6.07) is 7.38. The Labute approximate surface area is 129 Å². The molecule has 0 N–H and O–H groups in total. The molecule has 1 aromatic carbocycles. The predicted molar refractivity (Wildman–Crippen MR) is 83.3 cm³/mol. The van der Waals surface area contributed by atoms with Crippen molar-refractivity contribution in [2.45, 2.75) is 6.54 Å². The Morgan fingerprint density at radius 2 is 2.14 bits per heavy atom. The van der Waals surface area contributed by atoms with Gasteiger partial charge < -0.3 is 15.0 Å². The van der Waals surface area contributed by atoms with Crippen molar-refractivity contribution in [2.75, 3.05) is 11.9 Å². The van der Waals surface area contributed by atoms with Crippen molar-refractivity contribution in [1.29, 1.82) is 0 Å². The fourth-order valence-corrected chi connectivity index (χ4v) is 2.96. The molecule has 6 nitrogen and oxygen atoms in total. The summed E-state index contributed by atoms with van der Waals surface area (Å²) in [5, 5.41) is 13.7. The van der Waals surface area contributed by atoms with E-state index in [2.05, 4.69) is 4.98 Å². The van der Waals surface area contributed by atoms with Gasteiger partial charge in [0.1, 0.15) is 6.20 Å². The largest absolute Gasteiger partial charge is 0.373 e. The second-order valence-electron chi connectivity index (χ2n) is 4.55. The van der Waals surface area contributed by atoms with Crippen LogP contribution in [0.2, 0.25) is 5.02 Å². The molecule has 0 bridgehead atoms. The molecular formula is C13H11ClN4O2S. The van der Waals surface area contributed by atoms with Gasteiger partial charge in [0.05, 0.1) is 0 Å². The Kier molecular flexibility index (Phi) is 3.52. The van der Waals surface area contributed by atoms with Crippen molar-refractivity contribution in [1.82, 2.24) is 9.38 Å². The number of hydrogen-bond acceptors (Lipinski definition) is 5. The van der Waals surface area contributed by atoms with Gasteiger partial charge in [0, 0.05) is 24.0 Å². The molecule has 0 aliphatic rings. The number of nitrogens with zero attached hydrogens (tertiary/aromatic N) is 4. The normalized spacial score (nSPS) is 11.0. The molecule has 3 aromatic rings. The quantitative estimate of drug-likeness (QED) is 0.544. The number of nitro groups is 1. The van der Waals surface area contributed by atoms with Crippen LogP contribution in [0.5, 0.6) is 0 Å². The Bertz CT molecular complexity index is 796. The first-order valence-corrected chi connectivity index (χ1v) is 7.37. The van der Waals surface area contributed by atoms with Crippen molar-refractivity contribution in [3.8, 4) is 0 Å². The standard InChI is InChI=1S/C13H11ClN4O2S/c1-16(8-9-2-4-10(14)5-3-9)11-12(18(19)20)17-6-7-21-13(17)15-11/h2-7H,8H2,1H3. The van der Waals surface area contributed by atoms with Crippen LogP contribution in [-0.2, 0) is 6.54 Å². The van der Waals surface area contributed by atoms with Crippen LogP contribution in [0.1, 0.15) is 5.56 Å². The van der Waals surface area contributed by atoms with Crippen molar-refractivity contribution in [2.24, 2.45) is 0 Å². The topological polar surface area (TPSA) is 63.7 Å². The fourth-order valence-electron chi connectivity index (χ4n) is 2.13. The maximum atomic E-state index is 11.3. The van der Waals surface area contributed by atoms with Gasteiger partial charge in [0.2, 0.25) is 5.82 Å². The number of halogens is 1. The number of aromatic nitrogens is 2. The van der Waals surface area contributed by atoms with E-state index in [4.69, 9.17) is 11.6 Å². The van der Waals surface area contributed by atoms with Crippen molar-refractivity contribution < 1.29 is 4.92 Å². The number of thiazole rings is 1. The van der Waals surface area contributed by atoms with Crippen LogP contribution in [0.25, 0.3) is 4.96 Å². The minimum atomic E-state index is -0.402. The lowest BCUT2D eigenvalue weighted by Gasteiger charge is -2.16. The Balaban J connectivity index is 1.95. The summed E-state index contributed by atoms with van der Waals surface area (Å²) in [6.45, 7) is 0.517. The zero-order valence-electron chi connectivity index (χ0n) is 11.1. The number of imidazole rings is 1. The third kappa shape index (κ3) is 2.57. The van der Waals surface area contributed by atoms with Crippen LogP contribution in [-0.4, -0.2) is 21.4 Å². The van der Waals surface area contributed by atoms with Gasteiger partial charge in [-0.3, -0.25) is 0 Å². The highest BCUT2D eigenvalue weighted by atomic mass is 35.5. The monoisotopic (exact) mass is 322 g/mol. The molecular weight excluding hydrogens is 312 g/mol. The van der Waals surface area contributed by atoms with Crippen LogP contribution in [0, 0.1) is 10.1 Å². The third-order valence-electron chi connectivity index (χ3n) is 3.09. The van der Waals surface area contributed by atoms with Crippen LogP contribution in [0.15, 0.2) is 35.8 Å². The van der Waals surface area contributed by atoms with E-state index in [0.717, 1.165) is 5.56 Å². The van der Waals surface area contributed by atoms with Gasteiger partial charge in [0.15, 0.2) is 0 Å². The second-order valence-corrected chi connectivity index (χ2v) is 5.86. The van der Waals surface area contributed by atoms with Gasteiger partial charge >= 0.3 is 5.82 Å². The maximum absolute atomic E-state index is 11.3. The van der Waals surface area contributed by atoms with Crippen molar-refractivity contribution >= 4 is 39.5 Å². The van der Waals surface area contributed by atoms with Crippen LogP contribution in [0.4, 0.5) is 11.6 Å². The minimum absolute atomic E-state index is 0.0114. The average Bonchev–Trinajstić information content (AvgIpc) is 3.00. The number of rotatable bonds is 4. The lowest BCUT2D eigenvalue weighted by atomic mass is 10.2. The molecule has 3 rings (SSSR count). The van der Waals surface area contributed by atoms with E-state index in [0.29, 0.717) is 22.3 Å². The molecule has 0 spiro atoms. The van der Waals surface area contributed by atoms with Crippen LogP contribution >= 0.6 is 22.9 Å². The summed E-state index contributed by atoms with van der Waals surface area (Å²) >= 11 is 7.22. The first kappa shape index (κ1) is 13.8. The molecule has 2 heterocycles. The van der Waals surface area contributed by atoms with Gasteiger partial charge in [-0.25, -0.2) is 0 Å². The summed E-state index contributed by atoms with van der Waals surface area (Å²) < 4.78 is 1.50. The zero-order valence-corrected chi connectivity index (χ0v) is 12.6. The highest BCUT2D eigenvalue weighted by Crippen LogP contribution is 2.31. The van der Waals surface area contributed by atoms with E-state index in [1.165, 1.54) is 15.7 Å². The van der Waals surface area contributed by atoms with Gasteiger partial charge in [-0.1, -0.05) is 35.1 Å². The zero-order chi connectivity index (χ0) is 15.0. The van der Waals surface area contributed by atoms with Gasteiger partial charge in [-0.15, -0.1) is 0 Å². The van der Waals surface area contributed by atoms with Gasteiger partial charge in [0.25, 0.3) is 4.96 Å². The molecule has 0 aliphatic heterocycles. The molecule has 0 radical (unpaired) electrons. The van der Waals surface area contributed by atoms with E-state index in [1.807, 2.05) is 12.1 Å². The lowest BCUT2D eigenvalue weighted by Crippen LogP contribution is -2.18. The van der Waals surface area contributed by atoms with E-state index in [1.54, 1.807) is 35.7 Å². The van der Waals surface area contributed by atoms with E-state index in [-0.39, 0.29) is 5.82 Å². The van der Waals surface area contributed by atoms with E-state index >= 15 is 0 Å². The molecule has 8 heteroatoms. The molecule has 0 amide bonds. The smallest absolute Gasteiger partial charge is 0.358 e. The number of fused-ring (bicyclic) bond motifs is 1. The van der Waals surface area contributed by atoms with Crippen molar-refractivity contribution in [3.63, 3.8) is 0 Å². The lowest BCUT2D eigenvalue weighted by molar-refractivity contribution is -0.389. The molecule has 108 valence electrons. The van der Waals surface area contributed by atoms with Gasteiger partial charge in [-0.2, -0.15) is 9.38 Å². The SMILES string of the molecule is CN(Cc1ccc(Cl)cc1)c1nc2sccn2c1[N+](=O)[O-].